The van der Waals surface area contributed by atoms with E-state index < -0.39 is 29.6 Å². The van der Waals surface area contributed by atoms with Gasteiger partial charge in [0.25, 0.3) is 0 Å². The Morgan fingerprint density at radius 2 is 1.50 bits per heavy atom. The fraction of sp³-hybridized carbons (Fsp3) is 0.625. The second-order valence-electron chi connectivity index (χ2n) is 5.93. The fourth-order valence-electron chi connectivity index (χ4n) is 2.32. The number of carbonyl (C=O) groups is 2. The molecule has 0 radical (unpaired) electrons. The number of halogens is 3. The number of ether oxygens (including phenoxy) is 3. The Bertz CT molecular complexity index is 492. The Morgan fingerprint density at radius 1 is 1.08 bits per heavy atom. The lowest BCUT2D eigenvalue weighted by atomic mass is 9.72. The van der Waals surface area contributed by atoms with Crippen LogP contribution in [0, 0.1) is 5.41 Å². The molecule has 0 aromatic carbocycles. The topological polar surface area (TPSA) is 61.8 Å². The standard InChI is InChI=1S/C16H21F3O5/c1-10(2)12(20)22-7-5-15(6-8-23-13(21)11(3)4)9-24-14(15)16(17,18)19/h14H,1,3,5-9H2,2,4H3. The van der Waals surface area contributed by atoms with Gasteiger partial charge in [0, 0.05) is 16.6 Å². The van der Waals surface area contributed by atoms with Gasteiger partial charge in [-0.3, -0.25) is 0 Å². The lowest BCUT2D eigenvalue weighted by Gasteiger charge is -2.49. The van der Waals surface area contributed by atoms with Gasteiger partial charge in [0.15, 0.2) is 6.10 Å². The van der Waals surface area contributed by atoms with Crippen LogP contribution in [0.2, 0.25) is 0 Å². The van der Waals surface area contributed by atoms with E-state index in [1.165, 1.54) is 13.8 Å². The molecule has 136 valence electrons. The maximum Gasteiger partial charge on any atom is 0.415 e. The first-order valence-corrected chi connectivity index (χ1v) is 7.33. The van der Waals surface area contributed by atoms with Crippen molar-refractivity contribution in [3.63, 3.8) is 0 Å². The van der Waals surface area contributed by atoms with E-state index in [1.54, 1.807) is 0 Å². The summed E-state index contributed by atoms with van der Waals surface area (Å²) in [5.41, 5.74) is -0.962. The van der Waals surface area contributed by atoms with E-state index in [2.05, 4.69) is 17.9 Å². The normalized spacial score (nSPS) is 19.1. The summed E-state index contributed by atoms with van der Waals surface area (Å²) in [5, 5.41) is 0. The lowest BCUT2D eigenvalue weighted by molar-refractivity contribution is -0.329. The number of rotatable bonds is 8. The van der Waals surface area contributed by atoms with Crippen LogP contribution in [-0.2, 0) is 23.8 Å². The van der Waals surface area contributed by atoms with Gasteiger partial charge in [-0.2, -0.15) is 13.2 Å². The van der Waals surface area contributed by atoms with E-state index >= 15 is 0 Å². The highest BCUT2D eigenvalue weighted by molar-refractivity contribution is 5.87. The summed E-state index contributed by atoms with van der Waals surface area (Å²) in [6.07, 6.45) is -6.63. The summed E-state index contributed by atoms with van der Waals surface area (Å²) in [7, 11) is 0. The van der Waals surface area contributed by atoms with E-state index in [0.717, 1.165) is 0 Å². The van der Waals surface area contributed by atoms with Crippen LogP contribution in [0.3, 0.4) is 0 Å². The first-order chi connectivity index (χ1) is 11.0. The average Bonchev–Trinajstić information content (AvgIpc) is 2.41. The van der Waals surface area contributed by atoms with Crippen LogP contribution < -0.4 is 0 Å². The van der Waals surface area contributed by atoms with Crippen LogP contribution in [0.1, 0.15) is 26.7 Å². The molecular weight excluding hydrogens is 329 g/mol. The van der Waals surface area contributed by atoms with Crippen LogP contribution in [0.5, 0.6) is 0 Å². The van der Waals surface area contributed by atoms with Gasteiger partial charge in [-0.25, -0.2) is 9.59 Å². The highest BCUT2D eigenvalue weighted by Gasteiger charge is 2.61. The third-order valence-electron chi connectivity index (χ3n) is 3.75. The number of alkyl halides is 3. The zero-order valence-electron chi connectivity index (χ0n) is 13.7. The molecule has 1 saturated heterocycles. The summed E-state index contributed by atoms with van der Waals surface area (Å²) in [6, 6.07) is 0. The molecule has 0 N–H and O–H groups in total. The maximum absolute atomic E-state index is 13.1. The molecule has 1 heterocycles. The van der Waals surface area contributed by atoms with Gasteiger partial charge in [-0.1, -0.05) is 13.2 Å². The van der Waals surface area contributed by atoms with Crippen molar-refractivity contribution in [3.8, 4) is 0 Å². The predicted molar refractivity (Wildman–Crippen MR) is 79.0 cm³/mol. The first kappa shape index (κ1) is 20.2. The summed E-state index contributed by atoms with van der Waals surface area (Å²) < 4.78 is 53.6. The van der Waals surface area contributed by atoms with Crippen molar-refractivity contribution < 1.29 is 37.0 Å². The Labute approximate surface area is 138 Å². The summed E-state index contributed by atoms with van der Waals surface area (Å²) in [6.45, 7) is 9.14. The predicted octanol–water partition coefficient (Wildman–Crippen LogP) is 2.95. The van der Waals surface area contributed by atoms with Crippen LogP contribution in [0.15, 0.2) is 24.3 Å². The van der Waals surface area contributed by atoms with Gasteiger partial charge in [0.2, 0.25) is 0 Å². The third-order valence-corrected chi connectivity index (χ3v) is 3.75. The molecule has 1 unspecified atom stereocenters. The van der Waals surface area contributed by atoms with Crippen molar-refractivity contribution in [3.05, 3.63) is 24.3 Å². The number of hydrogen-bond acceptors (Lipinski definition) is 5. The molecule has 0 aromatic heterocycles. The Balaban J connectivity index is 2.67. The highest BCUT2D eigenvalue weighted by atomic mass is 19.4. The molecule has 0 saturated carbocycles. The van der Waals surface area contributed by atoms with Gasteiger partial charge >= 0.3 is 18.1 Å². The second kappa shape index (κ2) is 7.83. The Kier molecular flexibility index (Phi) is 6.59. The zero-order valence-corrected chi connectivity index (χ0v) is 13.7. The van der Waals surface area contributed by atoms with E-state index in [4.69, 9.17) is 9.47 Å². The first-order valence-electron chi connectivity index (χ1n) is 7.33. The lowest BCUT2D eigenvalue weighted by Crippen LogP contribution is -2.60. The van der Waals surface area contributed by atoms with Crippen LogP contribution in [0.25, 0.3) is 0 Å². The Morgan fingerprint density at radius 3 is 1.75 bits per heavy atom. The Hall–Kier alpha value is -1.83. The van der Waals surface area contributed by atoms with Gasteiger partial charge in [-0.05, 0) is 26.7 Å². The van der Waals surface area contributed by atoms with Crippen molar-refractivity contribution in [1.82, 2.24) is 0 Å². The van der Waals surface area contributed by atoms with Crippen molar-refractivity contribution >= 4 is 11.9 Å². The molecule has 1 aliphatic rings. The maximum atomic E-state index is 13.1. The van der Waals surface area contributed by atoms with Gasteiger partial charge in [-0.15, -0.1) is 0 Å². The third kappa shape index (κ3) is 5.09. The van der Waals surface area contributed by atoms with Crippen LogP contribution in [0.4, 0.5) is 13.2 Å². The second-order valence-corrected chi connectivity index (χ2v) is 5.93. The largest absolute Gasteiger partial charge is 0.462 e. The van der Waals surface area contributed by atoms with E-state index in [1.807, 2.05) is 0 Å². The van der Waals surface area contributed by atoms with Crippen molar-refractivity contribution in [2.45, 2.75) is 39.0 Å². The van der Waals surface area contributed by atoms with Crippen LogP contribution >= 0.6 is 0 Å². The fourth-order valence-corrected chi connectivity index (χ4v) is 2.32. The molecular formula is C16H21F3O5. The molecule has 0 spiro atoms. The molecule has 0 amide bonds. The number of carbonyl (C=O) groups excluding carboxylic acids is 2. The molecule has 1 fully saturated rings. The smallest absolute Gasteiger partial charge is 0.415 e. The quantitative estimate of drug-likeness (QED) is 0.497. The molecule has 0 bridgehead atoms. The molecule has 1 atom stereocenters. The van der Waals surface area contributed by atoms with Gasteiger partial charge in [0.1, 0.15) is 0 Å². The van der Waals surface area contributed by atoms with Crippen molar-refractivity contribution in [2.75, 3.05) is 19.8 Å². The van der Waals surface area contributed by atoms with Gasteiger partial charge < -0.3 is 14.2 Å². The summed E-state index contributed by atoms with van der Waals surface area (Å²) in [4.78, 5) is 22.7. The molecule has 8 heteroatoms. The van der Waals surface area contributed by atoms with Crippen LogP contribution in [-0.4, -0.2) is 44.0 Å². The molecule has 1 aliphatic heterocycles. The monoisotopic (exact) mass is 350 g/mol. The number of hydrogen-bond donors (Lipinski definition) is 0. The average molecular weight is 350 g/mol. The zero-order chi connectivity index (χ0) is 18.5. The minimum absolute atomic E-state index is 0.0547. The number of esters is 2. The summed E-state index contributed by atoms with van der Waals surface area (Å²) in [5.74, 6) is -1.33. The van der Waals surface area contributed by atoms with Gasteiger partial charge in [0.05, 0.1) is 19.8 Å². The van der Waals surface area contributed by atoms with Crippen molar-refractivity contribution in [1.29, 1.82) is 0 Å². The van der Waals surface area contributed by atoms with E-state index in [-0.39, 0.29) is 43.8 Å². The minimum atomic E-state index is -4.55. The minimum Gasteiger partial charge on any atom is -0.462 e. The molecule has 0 aromatic rings. The molecule has 1 rings (SSSR count). The van der Waals surface area contributed by atoms with E-state index in [9.17, 15) is 22.8 Å². The highest BCUT2D eigenvalue weighted by Crippen LogP contribution is 2.49. The molecule has 24 heavy (non-hydrogen) atoms. The molecule has 0 aliphatic carbocycles. The van der Waals surface area contributed by atoms with E-state index in [0.29, 0.717) is 0 Å². The van der Waals surface area contributed by atoms with Crippen molar-refractivity contribution in [2.24, 2.45) is 5.41 Å². The SMILES string of the molecule is C=C(C)C(=O)OCCC1(CCOC(=O)C(=C)C)COC1C(F)(F)F. The molecule has 5 nitrogen and oxygen atoms in total. The summed E-state index contributed by atoms with van der Waals surface area (Å²) >= 11 is 0.